The van der Waals surface area contributed by atoms with Crippen LogP contribution >= 0.6 is 33.9 Å². The molecule has 7 nitrogen and oxygen atoms in total. The number of thiophene rings is 1. The van der Waals surface area contributed by atoms with Gasteiger partial charge in [-0.15, -0.1) is 11.3 Å². The van der Waals surface area contributed by atoms with E-state index in [4.69, 9.17) is 0 Å². The Morgan fingerprint density at radius 3 is 2.74 bits per heavy atom. The molecule has 1 aliphatic rings. The lowest BCUT2D eigenvalue weighted by Gasteiger charge is -2.31. The third-order valence-electron chi connectivity index (χ3n) is 5.54. The third kappa shape index (κ3) is 4.67. The van der Waals surface area contributed by atoms with Gasteiger partial charge in [-0.2, -0.15) is 0 Å². The highest BCUT2D eigenvalue weighted by Crippen LogP contribution is 2.28. The minimum absolute atomic E-state index is 0.0338. The van der Waals surface area contributed by atoms with Crippen LogP contribution in [-0.2, 0) is 11.3 Å². The minimum Gasteiger partial charge on any atom is -0.341 e. The van der Waals surface area contributed by atoms with Crippen LogP contribution in [0.25, 0.3) is 10.2 Å². The topological polar surface area (TPSA) is 84.3 Å². The van der Waals surface area contributed by atoms with Crippen molar-refractivity contribution in [1.29, 1.82) is 0 Å². The molecular weight excluding hydrogens is 527 g/mol. The Hall–Kier alpha value is -2.27. The average molecular weight is 550 g/mol. The Balaban J connectivity index is 1.58. The first kappa shape index (κ1) is 21.9. The summed E-state index contributed by atoms with van der Waals surface area (Å²) in [5.41, 5.74) is 0.994. The molecule has 1 aliphatic heterocycles. The lowest BCUT2D eigenvalue weighted by molar-refractivity contribution is -0.133. The first-order chi connectivity index (χ1) is 14.8. The fourth-order valence-corrected chi connectivity index (χ4v) is 5.27. The number of hydrogen-bond acceptors (Lipinski definition) is 5. The largest absolute Gasteiger partial charge is 0.341 e. The highest BCUT2D eigenvalue weighted by Gasteiger charge is 2.23. The van der Waals surface area contributed by atoms with Crippen LogP contribution in [-0.4, -0.2) is 39.4 Å². The second-order valence-corrected chi connectivity index (χ2v) is 10.2. The normalized spacial score (nSPS) is 16.5. The zero-order chi connectivity index (χ0) is 22.1. The first-order valence-electron chi connectivity index (χ1n) is 10.2. The number of piperidine rings is 1. The molecule has 31 heavy (non-hydrogen) atoms. The number of nitrogens with one attached hydrogen (secondary N) is 1. The van der Waals surface area contributed by atoms with Gasteiger partial charge in [-0.25, -0.2) is 4.98 Å². The van der Waals surface area contributed by atoms with Crippen LogP contribution in [0.2, 0.25) is 0 Å². The molecule has 1 atom stereocenters. The molecule has 0 aliphatic carbocycles. The van der Waals surface area contributed by atoms with Crippen LogP contribution in [0.15, 0.2) is 35.4 Å². The number of rotatable bonds is 4. The predicted octanol–water partition coefficient (Wildman–Crippen LogP) is 3.88. The van der Waals surface area contributed by atoms with Crippen LogP contribution in [0.5, 0.6) is 0 Å². The Morgan fingerprint density at radius 1 is 1.29 bits per heavy atom. The van der Waals surface area contributed by atoms with E-state index in [1.54, 1.807) is 6.92 Å². The van der Waals surface area contributed by atoms with Crippen molar-refractivity contribution in [1.82, 2.24) is 14.5 Å². The summed E-state index contributed by atoms with van der Waals surface area (Å²) in [6.07, 6.45) is 3.52. The molecule has 1 saturated heterocycles. The summed E-state index contributed by atoms with van der Waals surface area (Å²) in [5, 5.41) is 3.27. The second kappa shape index (κ2) is 9.07. The number of carbonyl (C=O) groups is 2. The van der Waals surface area contributed by atoms with Crippen LogP contribution < -0.4 is 10.9 Å². The van der Waals surface area contributed by atoms with Crippen molar-refractivity contribution < 1.29 is 9.59 Å². The summed E-state index contributed by atoms with van der Waals surface area (Å²) < 4.78 is 2.43. The Bertz CT molecular complexity index is 1200. The fraction of sp³-hybridized carbons (Fsp3) is 0.364. The zero-order valence-corrected chi connectivity index (χ0v) is 20.3. The SMILES string of the molecule is Cc1c(C(=O)Nc2ccc(I)cc2)sc2ncn(CC(=O)N3CCC[C@H](C)C3)c(=O)c12. The van der Waals surface area contributed by atoms with Crippen molar-refractivity contribution in [2.24, 2.45) is 5.92 Å². The van der Waals surface area contributed by atoms with Crippen molar-refractivity contribution in [3.05, 3.63) is 55.0 Å². The maximum atomic E-state index is 13.1. The van der Waals surface area contributed by atoms with Crippen molar-refractivity contribution in [2.75, 3.05) is 18.4 Å². The van der Waals surface area contributed by atoms with Crippen LogP contribution in [0.4, 0.5) is 5.69 Å². The molecule has 2 amide bonds. The molecule has 3 heterocycles. The van der Waals surface area contributed by atoms with E-state index in [2.05, 4.69) is 39.8 Å². The number of halogens is 1. The van der Waals surface area contributed by atoms with Gasteiger partial charge in [0.25, 0.3) is 11.5 Å². The molecular formula is C22H23IN4O3S. The molecule has 162 valence electrons. The lowest BCUT2D eigenvalue weighted by atomic mass is 10.0. The Labute approximate surface area is 197 Å². The zero-order valence-electron chi connectivity index (χ0n) is 17.4. The lowest BCUT2D eigenvalue weighted by Crippen LogP contribution is -2.42. The van der Waals surface area contributed by atoms with Gasteiger partial charge in [-0.05, 0) is 78.1 Å². The van der Waals surface area contributed by atoms with E-state index < -0.39 is 0 Å². The number of nitrogens with zero attached hydrogens (tertiary/aromatic N) is 3. The molecule has 0 spiro atoms. The summed E-state index contributed by atoms with van der Waals surface area (Å²) in [4.78, 5) is 45.7. The molecule has 2 aromatic heterocycles. The van der Waals surface area contributed by atoms with E-state index in [0.717, 1.165) is 29.5 Å². The van der Waals surface area contributed by atoms with Gasteiger partial charge < -0.3 is 10.2 Å². The van der Waals surface area contributed by atoms with E-state index in [9.17, 15) is 14.4 Å². The van der Waals surface area contributed by atoms with Gasteiger partial charge in [0.05, 0.1) is 16.6 Å². The van der Waals surface area contributed by atoms with Gasteiger partial charge in [0.1, 0.15) is 11.4 Å². The van der Waals surface area contributed by atoms with Crippen LogP contribution in [0.1, 0.15) is 35.0 Å². The number of hydrogen-bond donors (Lipinski definition) is 1. The minimum atomic E-state index is -0.287. The van der Waals surface area contributed by atoms with Crippen molar-refractivity contribution in [3.63, 3.8) is 0 Å². The second-order valence-electron chi connectivity index (χ2n) is 7.96. The Kier molecular flexibility index (Phi) is 6.42. The number of aromatic nitrogens is 2. The molecule has 0 radical (unpaired) electrons. The summed E-state index contributed by atoms with van der Waals surface area (Å²) >= 11 is 3.39. The summed E-state index contributed by atoms with van der Waals surface area (Å²) in [5.74, 6) is 0.133. The highest BCUT2D eigenvalue weighted by atomic mass is 127. The molecule has 4 rings (SSSR count). The smallest absolute Gasteiger partial charge is 0.266 e. The number of benzene rings is 1. The number of anilines is 1. The van der Waals surface area contributed by atoms with Gasteiger partial charge >= 0.3 is 0 Å². The molecule has 3 aromatic rings. The van der Waals surface area contributed by atoms with Crippen LogP contribution in [0, 0.1) is 16.4 Å². The fourth-order valence-electron chi connectivity index (χ4n) is 3.87. The van der Waals surface area contributed by atoms with Gasteiger partial charge in [0.2, 0.25) is 5.91 Å². The van der Waals surface area contributed by atoms with Gasteiger partial charge in [0.15, 0.2) is 0 Å². The molecule has 9 heteroatoms. The number of fused-ring (bicyclic) bond motifs is 1. The van der Waals surface area contributed by atoms with E-state index in [-0.39, 0.29) is 23.9 Å². The van der Waals surface area contributed by atoms with Crippen molar-refractivity contribution in [3.8, 4) is 0 Å². The van der Waals surface area contributed by atoms with E-state index in [1.165, 1.54) is 22.2 Å². The standard InChI is InChI=1S/C22H23IN4O3S/c1-13-4-3-9-26(10-13)17(28)11-27-12-24-21-18(22(27)30)14(2)19(31-21)20(29)25-16-7-5-15(23)6-8-16/h5-8,12-13H,3-4,9-11H2,1-2H3,(H,25,29)/t13-/m0/s1. The number of aryl methyl sites for hydroxylation is 1. The van der Waals surface area contributed by atoms with Gasteiger partial charge in [0, 0.05) is 22.3 Å². The van der Waals surface area contributed by atoms with E-state index >= 15 is 0 Å². The first-order valence-corrected chi connectivity index (χ1v) is 12.1. The average Bonchev–Trinajstić information content (AvgIpc) is 3.09. The summed E-state index contributed by atoms with van der Waals surface area (Å²) in [7, 11) is 0. The van der Waals surface area contributed by atoms with E-state index in [0.29, 0.717) is 32.3 Å². The highest BCUT2D eigenvalue weighted by molar-refractivity contribution is 14.1. The summed E-state index contributed by atoms with van der Waals surface area (Å²) in [6.45, 7) is 5.31. The number of likely N-dealkylation sites (tertiary alicyclic amines) is 1. The monoisotopic (exact) mass is 550 g/mol. The maximum absolute atomic E-state index is 13.1. The molecule has 1 fully saturated rings. The quantitative estimate of drug-likeness (QED) is 0.500. The third-order valence-corrected chi connectivity index (χ3v) is 7.46. The predicted molar refractivity (Wildman–Crippen MR) is 131 cm³/mol. The molecule has 1 aromatic carbocycles. The molecule has 1 N–H and O–H groups in total. The van der Waals surface area contributed by atoms with Crippen molar-refractivity contribution >= 4 is 61.6 Å². The van der Waals surface area contributed by atoms with Gasteiger partial charge in [-0.3, -0.25) is 19.0 Å². The van der Waals surface area contributed by atoms with Gasteiger partial charge in [-0.1, -0.05) is 6.92 Å². The van der Waals surface area contributed by atoms with Crippen molar-refractivity contribution in [2.45, 2.75) is 33.2 Å². The number of carbonyl (C=O) groups excluding carboxylic acids is 2. The van der Waals surface area contributed by atoms with E-state index in [1.807, 2.05) is 29.2 Å². The molecule has 0 unspecified atom stereocenters. The maximum Gasteiger partial charge on any atom is 0.266 e. The number of amides is 2. The molecule has 0 bridgehead atoms. The Morgan fingerprint density at radius 2 is 2.03 bits per heavy atom. The van der Waals surface area contributed by atoms with Crippen LogP contribution in [0.3, 0.4) is 0 Å². The molecule has 0 saturated carbocycles. The summed E-state index contributed by atoms with van der Waals surface area (Å²) in [6, 6.07) is 7.49.